The minimum Gasteiger partial charge on any atom is -0.480 e. The zero-order valence-corrected chi connectivity index (χ0v) is 18.4. The van der Waals surface area contributed by atoms with Crippen molar-refractivity contribution in [1.82, 2.24) is 24.9 Å². The van der Waals surface area contributed by atoms with Gasteiger partial charge in [0.2, 0.25) is 11.4 Å². The van der Waals surface area contributed by atoms with E-state index in [1.54, 1.807) is 19.2 Å². The lowest BCUT2D eigenvalue weighted by atomic mass is 9.90. The van der Waals surface area contributed by atoms with Crippen LogP contribution in [0.15, 0.2) is 34.4 Å². The number of nitrogens with one attached hydrogen (secondary N) is 1. The van der Waals surface area contributed by atoms with Crippen LogP contribution in [-0.4, -0.2) is 44.8 Å². The molecule has 1 N–H and O–H groups in total. The maximum absolute atomic E-state index is 13.0. The van der Waals surface area contributed by atoms with Crippen LogP contribution < -0.4 is 10.3 Å². The van der Waals surface area contributed by atoms with E-state index in [1.807, 2.05) is 0 Å². The highest BCUT2D eigenvalue weighted by atomic mass is 19.4. The molecule has 0 amide bonds. The van der Waals surface area contributed by atoms with Crippen LogP contribution in [0.25, 0.3) is 16.7 Å². The number of methoxy groups -OCH3 is 1. The summed E-state index contributed by atoms with van der Waals surface area (Å²) in [5.74, 6) is 0.605. The maximum Gasteiger partial charge on any atom is 0.420 e. The van der Waals surface area contributed by atoms with Crippen LogP contribution in [-0.2, 0) is 4.74 Å². The molecule has 0 bridgehead atoms. The van der Waals surface area contributed by atoms with Crippen LogP contribution in [0, 0.1) is 6.92 Å². The zero-order chi connectivity index (χ0) is 24.0. The van der Waals surface area contributed by atoms with Crippen LogP contribution in [0.1, 0.15) is 54.1 Å². The minimum atomic E-state index is -4.43. The molecule has 11 heteroatoms. The smallest absolute Gasteiger partial charge is 0.420 e. The molecule has 1 aliphatic heterocycles. The average molecular weight is 471 g/mol. The lowest BCUT2D eigenvalue weighted by molar-refractivity contribution is -0.0934. The van der Waals surface area contributed by atoms with E-state index in [9.17, 15) is 18.0 Å². The molecule has 3 aromatic rings. The molecule has 8 nitrogen and oxygen atoms in total. The van der Waals surface area contributed by atoms with Crippen molar-refractivity contribution < 1.29 is 22.6 Å². The Balaban J connectivity index is 1.58. The van der Waals surface area contributed by atoms with Gasteiger partial charge in [0.15, 0.2) is 5.65 Å². The second kappa shape index (κ2) is 8.34. The van der Waals surface area contributed by atoms with E-state index in [0.717, 1.165) is 5.56 Å². The van der Waals surface area contributed by atoms with Crippen LogP contribution in [0.3, 0.4) is 0 Å². The molecule has 0 saturated carbocycles. The molecule has 1 fully saturated rings. The van der Waals surface area contributed by atoms with Gasteiger partial charge in [0.25, 0.3) is 0 Å². The molecule has 0 aromatic carbocycles. The molecule has 1 saturated heterocycles. The second-order valence-corrected chi connectivity index (χ2v) is 8.24. The van der Waals surface area contributed by atoms with Crippen molar-refractivity contribution in [2.45, 2.75) is 44.4 Å². The fraction of sp³-hybridized carbons (Fsp3) is 0.391. The largest absolute Gasteiger partial charge is 0.480 e. The quantitative estimate of drug-likeness (QED) is 0.575. The van der Waals surface area contributed by atoms with E-state index < -0.39 is 11.7 Å². The van der Waals surface area contributed by atoms with E-state index in [4.69, 9.17) is 9.47 Å². The molecule has 4 heterocycles. The molecule has 0 radical (unpaired) electrons. The Morgan fingerprint density at radius 2 is 2.00 bits per heavy atom. The second-order valence-electron chi connectivity index (χ2n) is 8.24. The molecule has 2 unspecified atom stereocenters. The number of aromatic nitrogens is 5. The number of allylic oxidation sites excluding steroid dienone is 1. The first-order valence-corrected chi connectivity index (χ1v) is 10.7. The van der Waals surface area contributed by atoms with Crippen molar-refractivity contribution in [2.75, 3.05) is 13.7 Å². The number of aryl methyl sites for hydroxylation is 1. The van der Waals surface area contributed by atoms with Crippen molar-refractivity contribution in [1.29, 1.82) is 0 Å². The van der Waals surface area contributed by atoms with Gasteiger partial charge in [-0.15, -0.1) is 5.73 Å². The number of pyridine rings is 1. The van der Waals surface area contributed by atoms with Gasteiger partial charge in [-0.25, -0.2) is 19.9 Å². The Bertz CT molecular complexity index is 1390. The third-order valence-corrected chi connectivity index (χ3v) is 5.99. The number of rotatable bonds is 4. The van der Waals surface area contributed by atoms with Crippen molar-refractivity contribution in [2.24, 2.45) is 0 Å². The molecule has 176 valence electrons. The maximum atomic E-state index is 13.0. The number of aromatic amines is 1. The summed E-state index contributed by atoms with van der Waals surface area (Å²) in [5, 5.41) is 0. The van der Waals surface area contributed by atoms with Gasteiger partial charge in [0, 0.05) is 36.8 Å². The number of hydrogen-bond acceptors (Lipinski definition) is 7. The Labute approximate surface area is 191 Å². The van der Waals surface area contributed by atoms with Crippen LogP contribution in [0.2, 0.25) is 0 Å². The predicted molar refractivity (Wildman–Crippen MR) is 115 cm³/mol. The molecule has 1 aliphatic carbocycles. The van der Waals surface area contributed by atoms with Crippen molar-refractivity contribution >= 4 is 16.7 Å². The van der Waals surface area contributed by atoms with Crippen LogP contribution in [0.4, 0.5) is 13.2 Å². The first-order chi connectivity index (χ1) is 16.2. The third kappa shape index (κ3) is 4.08. The van der Waals surface area contributed by atoms with Gasteiger partial charge in [0.1, 0.15) is 22.7 Å². The number of ether oxygens (including phenoxy) is 2. The molecule has 0 spiro atoms. The number of hydrogen-bond donors (Lipinski definition) is 1. The van der Waals surface area contributed by atoms with Crippen LogP contribution >= 0.6 is 0 Å². The monoisotopic (exact) mass is 471 g/mol. The summed E-state index contributed by atoms with van der Waals surface area (Å²) in [6, 6.07) is 3.15. The van der Waals surface area contributed by atoms with Crippen molar-refractivity contribution in [3.63, 3.8) is 0 Å². The fourth-order valence-corrected chi connectivity index (χ4v) is 4.16. The Morgan fingerprint density at radius 3 is 2.68 bits per heavy atom. The van der Waals surface area contributed by atoms with E-state index in [0.29, 0.717) is 42.2 Å². The fourth-order valence-electron chi connectivity index (χ4n) is 4.16. The topological polar surface area (TPSA) is 103 Å². The van der Waals surface area contributed by atoms with Gasteiger partial charge in [-0.05, 0) is 31.4 Å². The van der Waals surface area contributed by atoms with Gasteiger partial charge in [0.05, 0.1) is 18.8 Å². The summed E-state index contributed by atoms with van der Waals surface area (Å²) >= 11 is 0. The SMILES string of the molecule is COc1nc2c(C3=C=C(C(F)(F)F)C3)nc(C3CCOC(c4ccc(=O)[nH]c4)C3)nc2nc1C. The summed E-state index contributed by atoms with van der Waals surface area (Å²) in [4.78, 5) is 32.2. The zero-order valence-electron chi connectivity index (χ0n) is 18.4. The molecular formula is C23H20F3N5O3. The molecule has 5 rings (SSSR count). The highest BCUT2D eigenvalue weighted by Crippen LogP contribution is 2.41. The highest BCUT2D eigenvalue weighted by molar-refractivity contribution is 5.87. The van der Waals surface area contributed by atoms with Gasteiger partial charge in [-0.3, -0.25) is 4.79 Å². The van der Waals surface area contributed by atoms with E-state index in [2.05, 4.69) is 30.7 Å². The summed E-state index contributed by atoms with van der Waals surface area (Å²) in [6.07, 6.45) is -2.22. The van der Waals surface area contributed by atoms with Crippen molar-refractivity contribution in [3.8, 4) is 5.88 Å². The molecule has 3 aromatic heterocycles. The molecule has 2 atom stereocenters. The summed E-state index contributed by atoms with van der Waals surface area (Å²) in [6.45, 7) is 2.16. The van der Waals surface area contributed by atoms with Crippen LogP contribution in [0.5, 0.6) is 5.88 Å². The lowest BCUT2D eigenvalue weighted by Gasteiger charge is -2.29. The lowest BCUT2D eigenvalue weighted by Crippen LogP contribution is -2.22. The van der Waals surface area contributed by atoms with Gasteiger partial charge in [-0.1, -0.05) is 0 Å². The number of fused-ring (bicyclic) bond motifs is 1. The van der Waals surface area contributed by atoms with Gasteiger partial charge >= 0.3 is 6.18 Å². The molecule has 2 aliphatic rings. The first kappa shape index (κ1) is 22.2. The Kier molecular flexibility index (Phi) is 5.45. The number of halogens is 3. The van der Waals surface area contributed by atoms with E-state index in [1.165, 1.54) is 13.2 Å². The third-order valence-electron chi connectivity index (χ3n) is 5.99. The summed E-state index contributed by atoms with van der Waals surface area (Å²) < 4.78 is 50.3. The number of nitrogens with zero attached hydrogens (tertiary/aromatic N) is 4. The summed E-state index contributed by atoms with van der Waals surface area (Å²) in [7, 11) is 1.45. The standard InChI is InChI=1S/C23H20F3N5O3/c1-11-22(33-2)30-19-18(14-7-15(8-14)23(24,25)26)29-20(31-21(19)28-11)12-5-6-34-16(9-12)13-3-4-17(32)27-10-13/h3-4,10,12,16H,5-7,9H2,1-2H3,(H,27,32). The predicted octanol–water partition coefficient (Wildman–Crippen LogP) is 3.94. The normalized spacial score (nSPS) is 20.5. The average Bonchev–Trinajstić information content (AvgIpc) is 2.77. The number of H-pyrrole nitrogens is 1. The van der Waals surface area contributed by atoms with Crippen molar-refractivity contribution in [3.05, 3.63) is 62.8 Å². The van der Waals surface area contributed by atoms with E-state index >= 15 is 0 Å². The Hall–Kier alpha value is -3.56. The van der Waals surface area contributed by atoms with Gasteiger partial charge in [-0.2, -0.15) is 13.2 Å². The molecular weight excluding hydrogens is 451 g/mol. The van der Waals surface area contributed by atoms with Gasteiger partial charge < -0.3 is 14.5 Å². The first-order valence-electron chi connectivity index (χ1n) is 10.7. The highest BCUT2D eigenvalue weighted by Gasteiger charge is 2.39. The molecule has 34 heavy (non-hydrogen) atoms. The minimum absolute atomic E-state index is 0.121. The number of alkyl halides is 3. The van der Waals surface area contributed by atoms with E-state index in [-0.39, 0.29) is 41.1 Å². The summed E-state index contributed by atoms with van der Waals surface area (Å²) in [5.41, 5.74) is 3.96. The Morgan fingerprint density at radius 1 is 1.21 bits per heavy atom.